The Kier molecular flexibility index (Phi) is 5.13. The first kappa shape index (κ1) is 18.2. The van der Waals surface area contributed by atoms with E-state index in [-0.39, 0.29) is 11.5 Å². The van der Waals surface area contributed by atoms with Gasteiger partial charge in [-0.25, -0.2) is 4.79 Å². The predicted molar refractivity (Wildman–Crippen MR) is 105 cm³/mol. The van der Waals surface area contributed by atoms with Gasteiger partial charge in [-0.3, -0.25) is 4.79 Å². The van der Waals surface area contributed by atoms with Crippen molar-refractivity contribution in [3.8, 4) is 5.75 Å². The van der Waals surface area contributed by atoms with Crippen LogP contribution in [0.1, 0.15) is 18.1 Å². The fourth-order valence-electron chi connectivity index (χ4n) is 2.59. The molecule has 1 N–H and O–H groups in total. The normalized spacial score (nSPS) is 12.0. The number of anilines is 1. The molecular formula is C20H18BrNO4. The van der Waals surface area contributed by atoms with E-state index in [0.717, 1.165) is 21.0 Å². The van der Waals surface area contributed by atoms with Gasteiger partial charge in [-0.05, 0) is 68.3 Å². The number of benzene rings is 2. The molecule has 0 fully saturated rings. The summed E-state index contributed by atoms with van der Waals surface area (Å²) < 4.78 is 12.0. The molecule has 3 rings (SSSR count). The van der Waals surface area contributed by atoms with Crippen molar-refractivity contribution in [3.05, 3.63) is 68.5 Å². The number of fused-ring (bicyclic) bond motifs is 1. The van der Waals surface area contributed by atoms with Crippen molar-refractivity contribution in [1.82, 2.24) is 0 Å². The lowest BCUT2D eigenvalue weighted by Gasteiger charge is -2.17. The number of hydrogen-bond donors (Lipinski definition) is 1. The minimum atomic E-state index is -0.689. The summed E-state index contributed by atoms with van der Waals surface area (Å²) in [5.41, 5.74) is 2.40. The molecule has 0 radical (unpaired) electrons. The minimum Gasteiger partial charge on any atom is -0.481 e. The lowest BCUT2D eigenvalue weighted by Crippen LogP contribution is -2.30. The lowest BCUT2D eigenvalue weighted by atomic mass is 10.1. The molecule has 0 aliphatic heterocycles. The zero-order chi connectivity index (χ0) is 18.8. The van der Waals surface area contributed by atoms with E-state index in [2.05, 4.69) is 21.2 Å². The molecule has 1 aromatic heterocycles. The summed E-state index contributed by atoms with van der Waals surface area (Å²) in [5.74, 6) is 0.330. The molecule has 0 spiro atoms. The van der Waals surface area contributed by atoms with E-state index in [4.69, 9.17) is 9.15 Å². The van der Waals surface area contributed by atoms with Crippen LogP contribution in [0.3, 0.4) is 0 Å². The smallest absolute Gasteiger partial charge is 0.336 e. The summed E-state index contributed by atoms with van der Waals surface area (Å²) in [6.45, 7) is 5.37. The number of ether oxygens (including phenoxy) is 1. The largest absolute Gasteiger partial charge is 0.481 e. The van der Waals surface area contributed by atoms with E-state index >= 15 is 0 Å². The Hall–Kier alpha value is -2.60. The van der Waals surface area contributed by atoms with Crippen LogP contribution >= 0.6 is 15.9 Å². The third kappa shape index (κ3) is 3.96. The number of nitrogens with one attached hydrogen (secondary N) is 1. The minimum absolute atomic E-state index is 0.247. The van der Waals surface area contributed by atoms with Crippen molar-refractivity contribution in [1.29, 1.82) is 0 Å². The summed E-state index contributed by atoms with van der Waals surface area (Å²) >= 11 is 3.36. The van der Waals surface area contributed by atoms with Crippen molar-refractivity contribution in [2.45, 2.75) is 26.9 Å². The molecule has 2 aromatic carbocycles. The van der Waals surface area contributed by atoms with E-state index in [1.54, 1.807) is 31.2 Å². The molecule has 3 aromatic rings. The molecule has 0 bridgehead atoms. The van der Waals surface area contributed by atoms with Crippen molar-refractivity contribution in [2.75, 3.05) is 5.32 Å². The monoisotopic (exact) mass is 415 g/mol. The van der Waals surface area contributed by atoms with Crippen molar-refractivity contribution >= 4 is 38.5 Å². The van der Waals surface area contributed by atoms with Gasteiger partial charge in [0.05, 0.1) is 0 Å². The molecule has 1 heterocycles. The van der Waals surface area contributed by atoms with Crippen LogP contribution in [0.15, 0.2) is 56.1 Å². The highest BCUT2D eigenvalue weighted by Crippen LogP contribution is 2.27. The van der Waals surface area contributed by atoms with Crippen LogP contribution in [0, 0.1) is 13.8 Å². The third-order valence-electron chi connectivity index (χ3n) is 4.03. The molecular weight excluding hydrogens is 398 g/mol. The molecule has 6 heteroatoms. The van der Waals surface area contributed by atoms with Gasteiger partial charge in [0.2, 0.25) is 0 Å². The number of aryl methyl sites for hydroxylation is 2. The van der Waals surface area contributed by atoms with Crippen molar-refractivity contribution in [2.24, 2.45) is 0 Å². The Balaban J connectivity index is 1.81. The zero-order valence-corrected chi connectivity index (χ0v) is 16.2. The number of rotatable bonds is 4. The Bertz CT molecular complexity index is 1020. The van der Waals surface area contributed by atoms with E-state index in [0.29, 0.717) is 17.0 Å². The van der Waals surface area contributed by atoms with Crippen LogP contribution in [-0.4, -0.2) is 12.0 Å². The summed E-state index contributed by atoms with van der Waals surface area (Å²) in [5, 5.41) is 3.60. The van der Waals surface area contributed by atoms with Crippen molar-refractivity contribution < 1.29 is 13.9 Å². The molecule has 1 atom stereocenters. The Labute approximate surface area is 159 Å². The first-order chi connectivity index (χ1) is 12.3. The highest BCUT2D eigenvalue weighted by molar-refractivity contribution is 9.10. The first-order valence-electron chi connectivity index (χ1n) is 8.11. The molecule has 1 amide bonds. The maximum Gasteiger partial charge on any atom is 0.336 e. The standard InChI is InChI=1S/C20H18BrNO4/c1-11-9-19(23)26-18-8-12(2)17(10-16(11)18)25-13(3)20(24)22-15-6-4-14(21)5-7-15/h4-10,13H,1-3H3,(H,22,24)/t13-/m0/s1. The highest BCUT2D eigenvalue weighted by Gasteiger charge is 2.17. The Morgan fingerprint density at radius 3 is 2.50 bits per heavy atom. The van der Waals surface area contributed by atoms with Crippen LogP contribution in [-0.2, 0) is 4.79 Å². The molecule has 0 saturated carbocycles. The van der Waals surface area contributed by atoms with Crippen molar-refractivity contribution in [3.63, 3.8) is 0 Å². The SMILES string of the molecule is Cc1cc2oc(=O)cc(C)c2cc1O[C@@H](C)C(=O)Nc1ccc(Br)cc1. The Morgan fingerprint density at radius 1 is 1.12 bits per heavy atom. The second-order valence-corrected chi connectivity index (χ2v) is 7.03. The number of halogens is 1. The average Bonchev–Trinajstić information content (AvgIpc) is 2.58. The molecule has 26 heavy (non-hydrogen) atoms. The fourth-order valence-corrected chi connectivity index (χ4v) is 2.86. The summed E-state index contributed by atoms with van der Waals surface area (Å²) in [6, 6.07) is 12.3. The number of amides is 1. The summed E-state index contributed by atoms with van der Waals surface area (Å²) in [4.78, 5) is 23.9. The molecule has 0 aliphatic rings. The Morgan fingerprint density at radius 2 is 1.81 bits per heavy atom. The van der Waals surface area contributed by atoms with Crippen LogP contribution in [0.4, 0.5) is 5.69 Å². The van der Waals surface area contributed by atoms with Crippen LogP contribution in [0.2, 0.25) is 0 Å². The average molecular weight is 416 g/mol. The van der Waals surface area contributed by atoms with Crippen LogP contribution < -0.4 is 15.7 Å². The summed E-state index contributed by atoms with van der Waals surface area (Å²) in [6.07, 6.45) is -0.689. The van der Waals surface area contributed by atoms with Crippen LogP contribution in [0.25, 0.3) is 11.0 Å². The van der Waals surface area contributed by atoms with E-state index in [1.807, 2.05) is 26.0 Å². The van der Waals surface area contributed by atoms with E-state index in [1.165, 1.54) is 6.07 Å². The van der Waals surface area contributed by atoms with Gasteiger partial charge in [0, 0.05) is 21.6 Å². The van der Waals surface area contributed by atoms with Gasteiger partial charge >= 0.3 is 5.63 Å². The maximum absolute atomic E-state index is 12.4. The van der Waals surface area contributed by atoms with Gasteiger partial charge in [-0.15, -0.1) is 0 Å². The van der Waals surface area contributed by atoms with Gasteiger partial charge in [0.25, 0.3) is 5.91 Å². The number of hydrogen-bond acceptors (Lipinski definition) is 4. The second kappa shape index (κ2) is 7.33. The third-order valence-corrected chi connectivity index (χ3v) is 4.56. The lowest BCUT2D eigenvalue weighted by molar-refractivity contribution is -0.122. The molecule has 5 nitrogen and oxygen atoms in total. The van der Waals surface area contributed by atoms with Gasteiger partial charge in [0.15, 0.2) is 6.10 Å². The van der Waals surface area contributed by atoms with Gasteiger partial charge in [-0.1, -0.05) is 15.9 Å². The second-order valence-electron chi connectivity index (χ2n) is 6.12. The summed E-state index contributed by atoms with van der Waals surface area (Å²) in [7, 11) is 0. The maximum atomic E-state index is 12.4. The van der Waals surface area contributed by atoms with Gasteiger partial charge < -0.3 is 14.5 Å². The van der Waals surface area contributed by atoms with Crippen LogP contribution in [0.5, 0.6) is 5.75 Å². The first-order valence-corrected chi connectivity index (χ1v) is 8.91. The van der Waals surface area contributed by atoms with Gasteiger partial charge in [-0.2, -0.15) is 0 Å². The number of carbonyl (C=O) groups is 1. The van der Waals surface area contributed by atoms with Gasteiger partial charge in [0.1, 0.15) is 11.3 Å². The zero-order valence-electron chi connectivity index (χ0n) is 14.6. The topological polar surface area (TPSA) is 68.5 Å². The van der Waals surface area contributed by atoms with E-state index in [9.17, 15) is 9.59 Å². The quantitative estimate of drug-likeness (QED) is 0.633. The number of carbonyl (C=O) groups excluding carboxylic acids is 1. The molecule has 0 saturated heterocycles. The molecule has 0 unspecified atom stereocenters. The molecule has 134 valence electrons. The highest BCUT2D eigenvalue weighted by atomic mass is 79.9. The fraction of sp³-hybridized carbons (Fsp3) is 0.200. The van der Waals surface area contributed by atoms with E-state index < -0.39 is 6.10 Å². The molecule has 0 aliphatic carbocycles. The predicted octanol–water partition coefficient (Wildman–Crippen LogP) is 4.58.